The van der Waals surface area contributed by atoms with Crippen LogP contribution in [0.15, 0.2) is 36.9 Å². The van der Waals surface area contributed by atoms with Crippen molar-refractivity contribution in [1.29, 1.82) is 0 Å². The third-order valence-corrected chi connectivity index (χ3v) is 2.40. The van der Waals surface area contributed by atoms with Crippen molar-refractivity contribution < 1.29 is 14.3 Å². The van der Waals surface area contributed by atoms with Gasteiger partial charge in [0.05, 0.1) is 18.2 Å². The van der Waals surface area contributed by atoms with Crippen molar-refractivity contribution >= 4 is 17.6 Å². The maximum Gasteiger partial charge on any atom is 0.338 e. The molecule has 1 rings (SSSR count). The number of esters is 1. The van der Waals surface area contributed by atoms with Gasteiger partial charge in [0.1, 0.15) is 0 Å². The quantitative estimate of drug-likeness (QED) is 0.604. The van der Waals surface area contributed by atoms with Crippen LogP contribution in [0.1, 0.15) is 23.7 Å². The topological polar surface area (TPSA) is 81.4 Å². The van der Waals surface area contributed by atoms with E-state index < -0.39 is 12.0 Å². The van der Waals surface area contributed by atoms with Gasteiger partial charge in [-0.25, -0.2) is 4.79 Å². The summed E-state index contributed by atoms with van der Waals surface area (Å²) in [6.45, 7) is 5.57. The number of ether oxygens (including phenoxy) is 1. The average molecular weight is 262 g/mol. The minimum Gasteiger partial charge on any atom is -0.462 e. The predicted octanol–water partition coefficient (Wildman–Crippen LogP) is 1.71. The number of carbonyl (C=O) groups excluding carboxylic acids is 2. The number of nitrogens with two attached hydrogens (primary N) is 1. The minimum absolute atomic E-state index is 0.305. The Morgan fingerprint density at radius 1 is 1.53 bits per heavy atom. The summed E-state index contributed by atoms with van der Waals surface area (Å²) in [7, 11) is 0. The number of nitrogens with one attached hydrogen (secondary N) is 1. The highest BCUT2D eigenvalue weighted by Gasteiger charge is 2.13. The number of anilines is 1. The highest BCUT2D eigenvalue weighted by molar-refractivity contribution is 5.96. The minimum atomic E-state index is -0.649. The largest absolute Gasteiger partial charge is 0.462 e. The molecule has 0 saturated heterocycles. The molecule has 0 fully saturated rings. The molecule has 1 aromatic carbocycles. The first-order valence-corrected chi connectivity index (χ1v) is 6.03. The molecule has 1 unspecified atom stereocenters. The molecule has 1 aromatic rings. The van der Waals surface area contributed by atoms with Crippen LogP contribution < -0.4 is 11.1 Å². The Balaban J connectivity index is 2.74. The summed E-state index contributed by atoms with van der Waals surface area (Å²) >= 11 is 0. The molecule has 0 aliphatic rings. The number of carbonyl (C=O) groups is 2. The van der Waals surface area contributed by atoms with E-state index in [-0.39, 0.29) is 5.91 Å². The number of benzene rings is 1. The van der Waals surface area contributed by atoms with E-state index in [0.29, 0.717) is 24.3 Å². The van der Waals surface area contributed by atoms with Crippen molar-refractivity contribution in [3.05, 3.63) is 42.5 Å². The Morgan fingerprint density at radius 2 is 2.26 bits per heavy atom. The molecule has 1 atom stereocenters. The Labute approximate surface area is 112 Å². The Morgan fingerprint density at radius 3 is 2.89 bits per heavy atom. The van der Waals surface area contributed by atoms with Crippen molar-refractivity contribution in [1.82, 2.24) is 0 Å². The molecule has 1 amide bonds. The van der Waals surface area contributed by atoms with Gasteiger partial charge in [-0.05, 0) is 31.5 Å². The van der Waals surface area contributed by atoms with Gasteiger partial charge in [0.25, 0.3) is 0 Å². The van der Waals surface area contributed by atoms with E-state index in [0.717, 1.165) is 0 Å². The maximum absolute atomic E-state index is 11.7. The molecule has 0 aromatic heterocycles. The van der Waals surface area contributed by atoms with Crippen LogP contribution in [0.4, 0.5) is 5.69 Å². The van der Waals surface area contributed by atoms with E-state index in [1.54, 1.807) is 37.3 Å². The van der Waals surface area contributed by atoms with Gasteiger partial charge >= 0.3 is 5.97 Å². The standard InChI is InChI=1S/C14H18N2O3/c1-3-6-12(15)13(17)16-11-8-5-7-10(9-11)14(18)19-4-2/h3,5,7-9,12H,1,4,6,15H2,2H3,(H,16,17). The van der Waals surface area contributed by atoms with Crippen LogP contribution in [0.5, 0.6) is 0 Å². The van der Waals surface area contributed by atoms with Crippen molar-refractivity contribution in [2.75, 3.05) is 11.9 Å². The fourth-order valence-corrected chi connectivity index (χ4v) is 1.46. The normalized spacial score (nSPS) is 11.5. The zero-order chi connectivity index (χ0) is 14.3. The number of hydrogen-bond donors (Lipinski definition) is 2. The van der Waals surface area contributed by atoms with Gasteiger partial charge in [-0.3, -0.25) is 4.79 Å². The molecular weight excluding hydrogens is 244 g/mol. The van der Waals surface area contributed by atoms with E-state index in [1.807, 2.05) is 0 Å². The van der Waals surface area contributed by atoms with E-state index in [2.05, 4.69) is 11.9 Å². The summed E-state index contributed by atoms with van der Waals surface area (Å²) in [6.07, 6.45) is 1.97. The van der Waals surface area contributed by atoms with Crippen LogP contribution in [0.3, 0.4) is 0 Å². The second-order valence-corrected chi connectivity index (χ2v) is 3.92. The average Bonchev–Trinajstić information content (AvgIpc) is 2.39. The SMILES string of the molecule is C=CCC(N)C(=O)Nc1cccc(C(=O)OCC)c1. The number of hydrogen-bond acceptors (Lipinski definition) is 4. The lowest BCUT2D eigenvalue weighted by Gasteiger charge is -2.11. The molecule has 0 aliphatic carbocycles. The molecular formula is C14H18N2O3. The Kier molecular flexibility index (Phi) is 5.75. The fraction of sp³-hybridized carbons (Fsp3) is 0.286. The van der Waals surface area contributed by atoms with Crippen LogP contribution in [0.2, 0.25) is 0 Å². The maximum atomic E-state index is 11.7. The van der Waals surface area contributed by atoms with E-state index in [4.69, 9.17) is 10.5 Å². The molecule has 3 N–H and O–H groups in total. The molecule has 19 heavy (non-hydrogen) atoms. The lowest BCUT2D eigenvalue weighted by molar-refractivity contribution is -0.117. The molecule has 0 heterocycles. The zero-order valence-corrected chi connectivity index (χ0v) is 10.9. The van der Waals surface area contributed by atoms with E-state index in [9.17, 15) is 9.59 Å². The summed E-state index contributed by atoms with van der Waals surface area (Å²) in [6, 6.07) is 5.87. The van der Waals surface area contributed by atoms with Gasteiger partial charge in [0.2, 0.25) is 5.91 Å². The van der Waals surface area contributed by atoms with Crippen molar-refractivity contribution in [2.45, 2.75) is 19.4 Å². The highest BCUT2D eigenvalue weighted by atomic mass is 16.5. The fourth-order valence-electron chi connectivity index (χ4n) is 1.46. The summed E-state index contributed by atoms with van der Waals surface area (Å²) in [5, 5.41) is 2.64. The molecule has 0 saturated carbocycles. The number of amides is 1. The van der Waals surface area contributed by atoms with E-state index >= 15 is 0 Å². The number of rotatable bonds is 6. The van der Waals surface area contributed by atoms with Crippen LogP contribution in [0.25, 0.3) is 0 Å². The molecule has 102 valence electrons. The van der Waals surface area contributed by atoms with Crippen LogP contribution in [-0.2, 0) is 9.53 Å². The Hall–Kier alpha value is -2.14. The molecule has 0 spiro atoms. The lowest BCUT2D eigenvalue weighted by Crippen LogP contribution is -2.35. The van der Waals surface area contributed by atoms with Crippen LogP contribution >= 0.6 is 0 Å². The van der Waals surface area contributed by atoms with E-state index in [1.165, 1.54) is 0 Å². The molecule has 5 nitrogen and oxygen atoms in total. The summed E-state index contributed by atoms with van der Waals surface area (Å²) < 4.78 is 4.88. The van der Waals surface area contributed by atoms with Gasteiger partial charge in [-0.2, -0.15) is 0 Å². The first kappa shape index (κ1) is 14.9. The third-order valence-electron chi connectivity index (χ3n) is 2.40. The molecule has 0 aliphatic heterocycles. The van der Waals surface area contributed by atoms with Crippen LogP contribution in [-0.4, -0.2) is 24.5 Å². The first-order chi connectivity index (χ1) is 9.08. The Bertz CT molecular complexity index is 472. The zero-order valence-electron chi connectivity index (χ0n) is 10.9. The summed E-state index contributed by atoms with van der Waals surface area (Å²) in [4.78, 5) is 23.3. The predicted molar refractivity (Wildman–Crippen MR) is 73.8 cm³/mol. The lowest BCUT2D eigenvalue weighted by atomic mass is 10.1. The van der Waals surface area contributed by atoms with Gasteiger partial charge < -0.3 is 15.8 Å². The van der Waals surface area contributed by atoms with Crippen LogP contribution in [0, 0.1) is 0 Å². The van der Waals surface area contributed by atoms with Crippen molar-refractivity contribution in [2.24, 2.45) is 5.73 Å². The van der Waals surface area contributed by atoms with Crippen molar-refractivity contribution in [3.8, 4) is 0 Å². The summed E-state index contributed by atoms with van der Waals surface area (Å²) in [5.74, 6) is -0.741. The molecule has 5 heteroatoms. The third kappa shape index (κ3) is 4.56. The van der Waals surface area contributed by atoms with Gasteiger partial charge in [-0.15, -0.1) is 6.58 Å². The van der Waals surface area contributed by atoms with Crippen molar-refractivity contribution in [3.63, 3.8) is 0 Å². The second kappa shape index (κ2) is 7.33. The second-order valence-electron chi connectivity index (χ2n) is 3.92. The highest BCUT2D eigenvalue weighted by Crippen LogP contribution is 2.12. The van der Waals surface area contributed by atoms with Gasteiger partial charge in [0, 0.05) is 5.69 Å². The smallest absolute Gasteiger partial charge is 0.338 e. The van der Waals surface area contributed by atoms with Gasteiger partial charge in [0.15, 0.2) is 0 Å². The first-order valence-electron chi connectivity index (χ1n) is 6.03. The summed E-state index contributed by atoms with van der Waals surface area (Å²) in [5.41, 5.74) is 6.54. The van der Waals surface area contributed by atoms with Gasteiger partial charge in [-0.1, -0.05) is 12.1 Å². The molecule has 0 radical (unpaired) electrons. The monoisotopic (exact) mass is 262 g/mol. The molecule has 0 bridgehead atoms.